The number of anilines is 1. The molecular formula is C15H20ClNO2. The van der Waals surface area contributed by atoms with Gasteiger partial charge in [-0.1, -0.05) is 37.6 Å². The highest BCUT2D eigenvalue weighted by Gasteiger charge is 2.46. The molecule has 0 saturated heterocycles. The normalized spacial score (nSPS) is 30.9. The van der Waals surface area contributed by atoms with Crippen molar-refractivity contribution in [2.24, 2.45) is 11.8 Å². The van der Waals surface area contributed by atoms with E-state index in [1.165, 1.54) is 0 Å². The molecular weight excluding hydrogens is 262 g/mol. The molecule has 0 spiro atoms. The molecule has 0 bridgehead atoms. The molecule has 104 valence electrons. The molecule has 3 nitrogen and oxygen atoms in total. The second kappa shape index (κ2) is 5.41. The van der Waals surface area contributed by atoms with E-state index < -0.39 is 11.5 Å². The second-order valence-electron chi connectivity index (χ2n) is 5.66. The fourth-order valence-electron chi connectivity index (χ4n) is 3.00. The lowest BCUT2D eigenvalue weighted by atomic mass is 9.70. The molecule has 0 aromatic heterocycles. The minimum absolute atomic E-state index is 0.0741. The monoisotopic (exact) mass is 281 g/mol. The van der Waals surface area contributed by atoms with Crippen molar-refractivity contribution < 1.29 is 9.90 Å². The molecule has 19 heavy (non-hydrogen) atoms. The number of carbonyl (C=O) groups is 1. The summed E-state index contributed by atoms with van der Waals surface area (Å²) in [4.78, 5) is 11.8. The largest absolute Gasteiger partial charge is 0.479 e. The summed E-state index contributed by atoms with van der Waals surface area (Å²) >= 11 is 6.13. The highest BCUT2D eigenvalue weighted by Crippen LogP contribution is 2.40. The molecule has 4 heteroatoms. The first kappa shape index (κ1) is 14.2. The fourth-order valence-corrected chi connectivity index (χ4v) is 3.19. The van der Waals surface area contributed by atoms with E-state index in [0.717, 1.165) is 12.8 Å². The van der Waals surface area contributed by atoms with Crippen LogP contribution in [0.3, 0.4) is 0 Å². The number of carboxylic acid groups (broad SMARTS) is 1. The Morgan fingerprint density at radius 1 is 1.42 bits per heavy atom. The summed E-state index contributed by atoms with van der Waals surface area (Å²) in [5, 5.41) is 13.5. The van der Waals surface area contributed by atoms with E-state index in [9.17, 15) is 9.90 Å². The van der Waals surface area contributed by atoms with Crippen molar-refractivity contribution in [2.45, 2.75) is 38.6 Å². The van der Waals surface area contributed by atoms with Gasteiger partial charge in [0.25, 0.3) is 0 Å². The van der Waals surface area contributed by atoms with Crippen LogP contribution in [0.5, 0.6) is 0 Å². The van der Waals surface area contributed by atoms with E-state index in [-0.39, 0.29) is 5.92 Å². The summed E-state index contributed by atoms with van der Waals surface area (Å²) in [6.45, 7) is 4.19. The van der Waals surface area contributed by atoms with Crippen molar-refractivity contribution in [2.75, 3.05) is 5.32 Å². The summed E-state index contributed by atoms with van der Waals surface area (Å²) in [6.07, 6.45) is 2.48. The van der Waals surface area contributed by atoms with Crippen LogP contribution in [-0.4, -0.2) is 16.6 Å². The standard InChI is InChI=1S/C15H20ClNO2/c1-10-7-8-15(14(18)19,11(2)9-10)17-13-6-4-3-5-12(13)16/h3-6,10-11,17H,7-9H2,1-2H3,(H,18,19). The van der Waals surface area contributed by atoms with Crippen LogP contribution >= 0.6 is 11.6 Å². The van der Waals surface area contributed by atoms with E-state index in [1.807, 2.05) is 25.1 Å². The van der Waals surface area contributed by atoms with Gasteiger partial charge in [-0.2, -0.15) is 0 Å². The Labute approximate surface area is 119 Å². The van der Waals surface area contributed by atoms with Crippen molar-refractivity contribution in [3.05, 3.63) is 29.3 Å². The van der Waals surface area contributed by atoms with E-state index in [2.05, 4.69) is 12.2 Å². The van der Waals surface area contributed by atoms with Gasteiger partial charge in [0.15, 0.2) is 0 Å². The Balaban J connectivity index is 2.31. The first-order chi connectivity index (χ1) is 8.95. The Hall–Kier alpha value is -1.22. The second-order valence-corrected chi connectivity index (χ2v) is 6.07. The molecule has 2 N–H and O–H groups in total. The number of benzene rings is 1. The van der Waals surface area contributed by atoms with Gasteiger partial charge < -0.3 is 10.4 Å². The molecule has 0 amide bonds. The van der Waals surface area contributed by atoms with Gasteiger partial charge in [-0.3, -0.25) is 0 Å². The van der Waals surface area contributed by atoms with Crippen LogP contribution in [0.15, 0.2) is 24.3 Å². The summed E-state index contributed by atoms with van der Waals surface area (Å²) in [6, 6.07) is 7.31. The highest BCUT2D eigenvalue weighted by molar-refractivity contribution is 6.33. The first-order valence-electron chi connectivity index (χ1n) is 6.72. The third-order valence-corrected chi connectivity index (χ3v) is 4.57. The minimum atomic E-state index is -0.905. The molecule has 1 fully saturated rings. The lowest BCUT2D eigenvalue weighted by molar-refractivity contribution is -0.145. The Morgan fingerprint density at radius 3 is 2.68 bits per heavy atom. The smallest absolute Gasteiger partial charge is 0.329 e. The van der Waals surface area contributed by atoms with E-state index in [0.29, 0.717) is 23.0 Å². The van der Waals surface area contributed by atoms with Crippen LogP contribution in [0.25, 0.3) is 0 Å². The SMILES string of the molecule is CC1CCC(Nc2ccccc2Cl)(C(=O)O)C(C)C1. The van der Waals surface area contributed by atoms with Gasteiger partial charge in [0.2, 0.25) is 0 Å². The Morgan fingerprint density at radius 2 is 2.11 bits per heavy atom. The van der Waals surface area contributed by atoms with Gasteiger partial charge in [0, 0.05) is 0 Å². The number of hydrogen-bond donors (Lipinski definition) is 2. The van der Waals surface area contributed by atoms with Crippen LogP contribution in [0, 0.1) is 11.8 Å². The predicted octanol–water partition coefficient (Wildman–Crippen LogP) is 4.03. The van der Waals surface area contributed by atoms with Gasteiger partial charge in [-0.05, 0) is 43.2 Å². The van der Waals surface area contributed by atoms with Crippen molar-refractivity contribution in [1.82, 2.24) is 0 Å². The van der Waals surface area contributed by atoms with Crippen molar-refractivity contribution in [3.8, 4) is 0 Å². The number of hydrogen-bond acceptors (Lipinski definition) is 2. The first-order valence-corrected chi connectivity index (χ1v) is 7.09. The maximum Gasteiger partial charge on any atom is 0.329 e. The number of halogens is 1. The number of carboxylic acids is 1. The maximum atomic E-state index is 11.8. The number of aliphatic carboxylic acids is 1. The lowest BCUT2D eigenvalue weighted by Crippen LogP contribution is -2.54. The third-order valence-electron chi connectivity index (χ3n) is 4.24. The van der Waals surface area contributed by atoms with Crippen LogP contribution < -0.4 is 5.32 Å². The highest BCUT2D eigenvalue weighted by atomic mass is 35.5. The van der Waals surface area contributed by atoms with Crippen LogP contribution in [-0.2, 0) is 4.79 Å². The predicted molar refractivity (Wildman–Crippen MR) is 77.6 cm³/mol. The molecule has 1 aromatic rings. The van der Waals surface area contributed by atoms with Crippen LogP contribution in [0.4, 0.5) is 5.69 Å². The van der Waals surface area contributed by atoms with E-state index in [1.54, 1.807) is 6.07 Å². The summed E-state index contributed by atoms with van der Waals surface area (Å²) in [5.74, 6) is -0.132. The van der Waals surface area contributed by atoms with Gasteiger partial charge >= 0.3 is 5.97 Å². The van der Waals surface area contributed by atoms with Crippen molar-refractivity contribution >= 4 is 23.3 Å². The molecule has 0 aliphatic heterocycles. The number of rotatable bonds is 3. The average molecular weight is 282 g/mol. The average Bonchev–Trinajstić information content (AvgIpc) is 2.35. The van der Waals surface area contributed by atoms with E-state index >= 15 is 0 Å². The molecule has 1 aliphatic rings. The Kier molecular flexibility index (Phi) is 4.04. The van der Waals surface area contributed by atoms with Gasteiger partial charge in [-0.15, -0.1) is 0 Å². The van der Waals surface area contributed by atoms with Crippen LogP contribution in [0.2, 0.25) is 5.02 Å². The summed E-state index contributed by atoms with van der Waals surface area (Å²) < 4.78 is 0. The topological polar surface area (TPSA) is 49.3 Å². The Bertz CT molecular complexity index is 477. The number of para-hydroxylation sites is 1. The van der Waals surface area contributed by atoms with E-state index in [4.69, 9.17) is 11.6 Å². The fraction of sp³-hybridized carbons (Fsp3) is 0.533. The summed E-state index contributed by atoms with van der Waals surface area (Å²) in [5.41, 5.74) is -0.203. The lowest BCUT2D eigenvalue weighted by Gasteiger charge is -2.42. The van der Waals surface area contributed by atoms with Gasteiger partial charge in [0.1, 0.15) is 5.54 Å². The molecule has 3 unspecified atom stereocenters. The van der Waals surface area contributed by atoms with Gasteiger partial charge in [0.05, 0.1) is 10.7 Å². The minimum Gasteiger partial charge on any atom is -0.479 e. The zero-order valence-corrected chi connectivity index (χ0v) is 12.1. The quantitative estimate of drug-likeness (QED) is 0.879. The summed E-state index contributed by atoms with van der Waals surface area (Å²) in [7, 11) is 0. The van der Waals surface area contributed by atoms with Crippen LogP contribution in [0.1, 0.15) is 33.1 Å². The molecule has 1 aliphatic carbocycles. The molecule has 0 radical (unpaired) electrons. The molecule has 1 saturated carbocycles. The molecule has 3 atom stereocenters. The molecule has 1 aromatic carbocycles. The maximum absolute atomic E-state index is 11.8. The molecule has 0 heterocycles. The number of nitrogens with one attached hydrogen (secondary N) is 1. The van der Waals surface area contributed by atoms with Crippen molar-refractivity contribution in [1.29, 1.82) is 0 Å². The molecule has 2 rings (SSSR count). The third kappa shape index (κ3) is 2.71. The van der Waals surface area contributed by atoms with Gasteiger partial charge in [-0.25, -0.2) is 4.79 Å². The zero-order valence-electron chi connectivity index (χ0n) is 11.3. The van der Waals surface area contributed by atoms with Crippen molar-refractivity contribution in [3.63, 3.8) is 0 Å². The zero-order chi connectivity index (χ0) is 14.0.